The maximum atomic E-state index is 12.8. The lowest BCUT2D eigenvalue weighted by Gasteiger charge is -2.19. The molecule has 2 aromatic carbocycles. The van der Waals surface area contributed by atoms with Gasteiger partial charge in [0.1, 0.15) is 18.5 Å². The van der Waals surface area contributed by atoms with Gasteiger partial charge >= 0.3 is 12.1 Å². The van der Waals surface area contributed by atoms with Crippen LogP contribution in [0.3, 0.4) is 0 Å². The van der Waals surface area contributed by atoms with Crippen molar-refractivity contribution in [3.63, 3.8) is 0 Å². The van der Waals surface area contributed by atoms with Crippen LogP contribution in [-0.2, 0) is 16.6 Å². The van der Waals surface area contributed by atoms with E-state index in [0.29, 0.717) is 19.4 Å². The van der Waals surface area contributed by atoms with Crippen molar-refractivity contribution >= 4 is 23.8 Å². The molecule has 1 saturated heterocycles. The van der Waals surface area contributed by atoms with E-state index < -0.39 is 24.0 Å². The molecule has 9 heteroatoms. The number of hydrogen-bond acceptors (Lipinski definition) is 5. The molecule has 2 aliphatic rings. The third kappa shape index (κ3) is 3.79. The van der Waals surface area contributed by atoms with E-state index in [4.69, 9.17) is 4.74 Å². The molecule has 1 aromatic heterocycles. The number of benzene rings is 2. The Hall–Kier alpha value is -4.14. The molecule has 1 atom stereocenters. The summed E-state index contributed by atoms with van der Waals surface area (Å²) in [6, 6.07) is 16.7. The first-order chi connectivity index (χ1) is 16.4. The van der Waals surface area contributed by atoms with Crippen LogP contribution in [0.25, 0.3) is 11.1 Å². The topological polar surface area (TPSA) is 114 Å². The molecule has 0 bridgehead atoms. The highest BCUT2D eigenvalue weighted by atomic mass is 16.5. The minimum Gasteiger partial charge on any atom is -0.480 e. The Morgan fingerprint density at radius 3 is 2.38 bits per heavy atom. The highest BCUT2D eigenvalue weighted by Crippen LogP contribution is 2.44. The standard InChI is InChI=1S/C25H24N4O5/c1-28-22(13-20(27-28)23(30)29-12-6-11-21(29)24(31)32)26-25(33)34-14-19-17-9-4-2-7-15(17)16-8-3-5-10-18(16)19/h2-5,7-10,13,19,21H,6,11-12,14H2,1H3,(H,26,33)(H,31,32)/t21-/m1/s1. The first-order valence-corrected chi connectivity index (χ1v) is 11.1. The third-order valence-corrected chi connectivity index (χ3v) is 6.47. The number of likely N-dealkylation sites (tertiary alicyclic amines) is 1. The molecule has 9 nitrogen and oxygen atoms in total. The zero-order valence-electron chi connectivity index (χ0n) is 18.6. The Balaban J connectivity index is 1.26. The van der Waals surface area contributed by atoms with Gasteiger partial charge < -0.3 is 14.7 Å². The van der Waals surface area contributed by atoms with Crippen molar-refractivity contribution < 1.29 is 24.2 Å². The van der Waals surface area contributed by atoms with Gasteiger partial charge in [0.15, 0.2) is 5.69 Å². The summed E-state index contributed by atoms with van der Waals surface area (Å²) in [5, 5.41) is 16.1. The second kappa shape index (κ2) is 8.66. The molecule has 3 aromatic rings. The number of anilines is 1. The van der Waals surface area contributed by atoms with Crippen molar-refractivity contribution in [1.82, 2.24) is 14.7 Å². The number of carbonyl (C=O) groups excluding carboxylic acids is 2. The normalized spacial score (nSPS) is 16.7. The van der Waals surface area contributed by atoms with Crippen LogP contribution in [0, 0.1) is 0 Å². The number of amides is 2. The molecule has 0 unspecified atom stereocenters. The molecule has 0 spiro atoms. The number of nitrogens with one attached hydrogen (secondary N) is 1. The van der Waals surface area contributed by atoms with Crippen LogP contribution in [0.2, 0.25) is 0 Å². The van der Waals surface area contributed by atoms with Crippen LogP contribution in [0.1, 0.15) is 40.4 Å². The number of nitrogens with zero attached hydrogens (tertiary/aromatic N) is 3. The van der Waals surface area contributed by atoms with Gasteiger partial charge in [-0.15, -0.1) is 0 Å². The second-order valence-electron chi connectivity index (χ2n) is 8.48. The second-order valence-corrected chi connectivity index (χ2v) is 8.48. The lowest BCUT2D eigenvalue weighted by molar-refractivity contribution is -0.141. The summed E-state index contributed by atoms with van der Waals surface area (Å²) < 4.78 is 6.91. The van der Waals surface area contributed by atoms with Gasteiger partial charge in [0.2, 0.25) is 0 Å². The van der Waals surface area contributed by atoms with Gasteiger partial charge in [0, 0.05) is 25.6 Å². The molecule has 1 fully saturated rings. The first kappa shape index (κ1) is 21.7. The van der Waals surface area contributed by atoms with E-state index in [1.807, 2.05) is 36.4 Å². The Kier molecular flexibility index (Phi) is 5.53. The minimum absolute atomic E-state index is 0.0649. The smallest absolute Gasteiger partial charge is 0.412 e. The lowest BCUT2D eigenvalue weighted by Crippen LogP contribution is -2.40. The Morgan fingerprint density at radius 1 is 1.09 bits per heavy atom. The highest BCUT2D eigenvalue weighted by molar-refractivity contribution is 5.96. The number of carboxylic acids is 1. The van der Waals surface area contributed by atoms with Gasteiger partial charge in [-0.3, -0.25) is 14.8 Å². The number of rotatable bonds is 5. The SMILES string of the molecule is Cn1nc(C(=O)N2CCC[C@@H]2C(=O)O)cc1NC(=O)OCC1c2ccccc2-c2ccccc21. The zero-order valence-corrected chi connectivity index (χ0v) is 18.6. The monoisotopic (exact) mass is 460 g/mol. The Morgan fingerprint density at radius 2 is 1.74 bits per heavy atom. The maximum Gasteiger partial charge on any atom is 0.412 e. The summed E-state index contributed by atoms with van der Waals surface area (Å²) in [6.07, 6.45) is 0.382. The molecule has 2 amide bonds. The molecule has 2 N–H and O–H groups in total. The van der Waals surface area contributed by atoms with E-state index in [2.05, 4.69) is 22.5 Å². The van der Waals surface area contributed by atoms with E-state index in [1.165, 1.54) is 15.6 Å². The zero-order chi connectivity index (χ0) is 23.8. The summed E-state index contributed by atoms with van der Waals surface area (Å²) in [4.78, 5) is 38.1. The van der Waals surface area contributed by atoms with E-state index in [1.54, 1.807) is 7.05 Å². The van der Waals surface area contributed by atoms with Gasteiger partial charge in [-0.1, -0.05) is 48.5 Å². The molecule has 174 valence electrons. The lowest BCUT2D eigenvalue weighted by atomic mass is 9.98. The number of carboxylic acid groups (broad SMARTS) is 1. The molecular weight excluding hydrogens is 436 g/mol. The van der Waals surface area contributed by atoms with E-state index in [9.17, 15) is 19.5 Å². The summed E-state index contributed by atoms with van der Waals surface area (Å²) >= 11 is 0. The van der Waals surface area contributed by atoms with Crippen molar-refractivity contribution in [2.24, 2.45) is 7.05 Å². The fourth-order valence-electron chi connectivity index (χ4n) is 4.84. The van der Waals surface area contributed by atoms with E-state index in [-0.39, 0.29) is 24.0 Å². The summed E-state index contributed by atoms with van der Waals surface area (Å²) in [7, 11) is 1.59. The molecule has 1 aliphatic carbocycles. The Labute approximate surface area is 195 Å². The molecule has 0 saturated carbocycles. The third-order valence-electron chi connectivity index (χ3n) is 6.47. The van der Waals surface area contributed by atoms with Crippen LogP contribution in [0.4, 0.5) is 10.6 Å². The highest BCUT2D eigenvalue weighted by Gasteiger charge is 2.35. The van der Waals surface area contributed by atoms with E-state index >= 15 is 0 Å². The van der Waals surface area contributed by atoms with Gasteiger partial charge in [-0.25, -0.2) is 9.59 Å². The summed E-state index contributed by atoms with van der Waals surface area (Å²) in [5.41, 5.74) is 4.59. The van der Waals surface area contributed by atoms with Crippen molar-refractivity contribution in [1.29, 1.82) is 0 Å². The van der Waals surface area contributed by atoms with Crippen molar-refractivity contribution in [3.8, 4) is 11.1 Å². The number of hydrogen-bond donors (Lipinski definition) is 2. The molecule has 0 radical (unpaired) electrons. The number of fused-ring (bicyclic) bond motifs is 3. The van der Waals surface area contributed by atoms with Crippen LogP contribution in [-0.4, -0.2) is 57.0 Å². The quantitative estimate of drug-likeness (QED) is 0.603. The number of aryl methyl sites for hydroxylation is 1. The van der Waals surface area contributed by atoms with E-state index in [0.717, 1.165) is 22.3 Å². The van der Waals surface area contributed by atoms with Crippen LogP contribution < -0.4 is 5.32 Å². The van der Waals surface area contributed by atoms with Crippen molar-refractivity contribution in [2.75, 3.05) is 18.5 Å². The average Bonchev–Trinajstić information content (AvgIpc) is 3.54. The number of carbonyl (C=O) groups is 3. The number of aromatic nitrogens is 2. The van der Waals surface area contributed by atoms with Gasteiger partial charge in [0.05, 0.1) is 0 Å². The molecular formula is C25H24N4O5. The summed E-state index contributed by atoms with van der Waals surface area (Å²) in [6.45, 7) is 0.527. The predicted molar refractivity (Wildman–Crippen MR) is 124 cm³/mol. The Bertz CT molecular complexity index is 1240. The first-order valence-electron chi connectivity index (χ1n) is 11.1. The number of ether oxygens (including phenoxy) is 1. The van der Waals surface area contributed by atoms with Crippen LogP contribution in [0.15, 0.2) is 54.6 Å². The van der Waals surface area contributed by atoms with Gasteiger partial charge in [-0.05, 0) is 35.1 Å². The molecule has 2 heterocycles. The number of aliphatic carboxylic acids is 1. The average molecular weight is 460 g/mol. The van der Waals surface area contributed by atoms with Crippen LogP contribution >= 0.6 is 0 Å². The van der Waals surface area contributed by atoms with Gasteiger partial charge in [0.25, 0.3) is 5.91 Å². The molecule has 34 heavy (non-hydrogen) atoms. The predicted octanol–water partition coefficient (Wildman–Crippen LogP) is 3.47. The molecule has 1 aliphatic heterocycles. The van der Waals surface area contributed by atoms with Gasteiger partial charge in [-0.2, -0.15) is 5.10 Å². The van der Waals surface area contributed by atoms with Crippen LogP contribution in [0.5, 0.6) is 0 Å². The maximum absolute atomic E-state index is 12.8. The summed E-state index contributed by atoms with van der Waals surface area (Å²) in [5.74, 6) is -1.28. The van der Waals surface area contributed by atoms with Crippen molar-refractivity contribution in [3.05, 3.63) is 71.4 Å². The fraction of sp³-hybridized carbons (Fsp3) is 0.280. The molecule has 5 rings (SSSR count). The fourth-order valence-corrected chi connectivity index (χ4v) is 4.84. The minimum atomic E-state index is -1.03. The largest absolute Gasteiger partial charge is 0.480 e. The van der Waals surface area contributed by atoms with Crippen molar-refractivity contribution in [2.45, 2.75) is 24.8 Å².